The van der Waals surface area contributed by atoms with Crippen LogP contribution in [0.4, 0.5) is 0 Å². The first-order valence-corrected chi connectivity index (χ1v) is 15.7. The van der Waals surface area contributed by atoms with Gasteiger partial charge in [-0.05, 0) is 29.5 Å². The molecule has 0 saturated heterocycles. The van der Waals surface area contributed by atoms with Crippen LogP contribution in [-0.2, 0) is 41.5 Å². The van der Waals surface area contributed by atoms with Crippen molar-refractivity contribution in [3.63, 3.8) is 0 Å². The van der Waals surface area contributed by atoms with Crippen molar-refractivity contribution < 1.29 is 28.7 Å². The predicted molar refractivity (Wildman–Crippen MR) is 163 cm³/mol. The molecule has 3 aromatic rings. The summed E-state index contributed by atoms with van der Waals surface area (Å²) in [7, 11) is 0. The number of rotatable bonds is 1. The number of hydrogen-bond acceptors (Lipinski definition) is 1. The normalized spacial score (nSPS) is 17.9. The summed E-state index contributed by atoms with van der Waals surface area (Å²) in [6.07, 6.45) is 17.3. The molecular weight excluding hydrogens is 552 g/mol. The molecule has 3 aliphatic carbocycles. The first kappa shape index (κ1) is 29.9. The fraction of sp³-hybridized carbons (Fsp3) is 0.432. The van der Waals surface area contributed by atoms with Crippen molar-refractivity contribution in [3.8, 4) is 11.1 Å². The summed E-state index contributed by atoms with van der Waals surface area (Å²) in [5, 5.41) is 0. The summed E-state index contributed by atoms with van der Waals surface area (Å²) in [5.41, 5.74) is 9.90. The second kappa shape index (κ2) is 12.6. The van der Waals surface area contributed by atoms with Gasteiger partial charge in [-0.3, -0.25) is 6.08 Å². The van der Waals surface area contributed by atoms with Crippen LogP contribution in [0.5, 0.6) is 0 Å². The third-order valence-corrected chi connectivity index (χ3v) is 8.95. The average molecular weight is 596 g/mol. The van der Waals surface area contributed by atoms with Crippen molar-refractivity contribution in [2.24, 2.45) is 5.92 Å². The maximum atomic E-state index is 5.23. The number of furan rings is 1. The van der Waals surface area contributed by atoms with Crippen LogP contribution in [0.3, 0.4) is 0 Å². The maximum absolute atomic E-state index is 5.23. The fourth-order valence-electron chi connectivity index (χ4n) is 5.15. The summed E-state index contributed by atoms with van der Waals surface area (Å²) in [6.45, 7) is 15.7. The monoisotopic (exact) mass is 594 g/mol. The van der Waals surface area contributed by atoms with Gasteiger partial charge in [0.1, 0.15) is 0 Å². The molecule has 0 amide bonds. The molecule has 0 bridgehead atoms. The van der Waals surface area contributed by atoms with Gasteiger partial charge in [0, 0.05) is 0 Å². The molecule has 202 valence electrons. The summed E-state index contributed by atoms with van der Waals surface area (Å²) >= 11 is 1.69. The van der Waals surface area contributed by atoms with E-state index in [0.717, 1.165) is 17.8 Å². The fourth-order valence-corrected chi connectivity index (χ4v) is 6.02. The van der Waals surface area contributed by atoms with Crippen LogP contribution in [-0.4, -0.2) is 3.21 Å². The Bertz CT molecular complexity index is 1270. The van der Waals surface area contributed by atoms with Crippen LogP contribution in [0.1, 0.15) is 109 Å². The van der Waals surface area contributed by atoms with E-state index in [9.17, 15) is 0 Å². The zero-order valence-electron chi connectivity index (χ0n) is 25.0. The Kier molecular flexibility index (Phi) is 9.70. The average Bonchev–Trinajstić information content (AvgIpc) is 3.63. The first-order chi connectivity index (χ1) is 18.4. The van der Waals surface area contributed by atoms with Crippen LogP contribution in [0, 0.1) is 18.1 Å². The van der Waals surface area contributed by atoms with Gasteiger partial charge in [0.2, 0.25) is 0 Å². The molecule has 0 radical (unpaired) electrons. The molecule has 2 aromatic carbocycles. The molecular formula is C37H44OZr. The standard InChI is InChI=1S/C21H25.C10H9O.C6H10.Zr/c1-20(2,3)16-9-7-14-11-15-8-10-17(21(4,5)6)13-19(15)18(14)12-16;1-8-4-5-9(7-8)10-3-2-6-11-10;1-2-4-6-5-3-1;/h7,9-10,12-13H,11H2,1-6H3;2-3,5-8H,1H3;1-5H2;/q2*-1;;+2. The van der Waals surface area contributed by atoms with E-state index in [1.807, 2.05) is 18.2 Å². The van der Waals surface area contributed by atoms with Crippen molar-refractivity contribution in [3.05, 3.63) is 101 Å². The van der Waals surface area contributed by atoms with Crippen LogP contribution in [0.25, 0.3) is 16.7 Å². The molecule has 39 heavy (non-hydrogen) atoms. The quantitative estimate of drug-likeness (QED) is 0.200. The summed E-state index contributed by atoms with van der Waals surface area (Å²) < 4.78 is 7.03. The molecule has 1 aromatic heterocycles. The van der Waals surface area contributed by atoms with Gasteiger partial charge in [0.05, 0.1) is 12.0 Å². The summed E-state index contributed by atoms with van der Waals surface area (Å²) in [4.78, 5) is 0. The molecule has 1 saturated carbocycles. The van der Waals surface area contributed by atoms with Crippen molar-refractivity contribution >= 4 is 8.78 Å². The Morgan fingerprint density at radius 3 is 2.10 bits per heavy atom. The zero-order valence-corrected chi connectivity index (χ0v) is 27.5. The third-order valence-electron chi connectivity index (χ3n) is 7.72. The van der Waals surface area contributed by atoms with Crippen molar-refractivity contribution in [2.75, 3.05) is 0 Å². The Morgan fingerprint density at radius 2 is 1.56 bits per heavy atom. The number of fused-ring (bicyclic) bond motifs is 3. The van der Waals surface area contributed by atoms with E-state index < -0.39 is 0 Å². The second-order valence-electron chi connectivity index (χ2n) is 13.2. The van der Waals surface area contributed by atoms with Crippen molar-refractivity contribution in [2.45, 2.75) is 97.8 Å². The molecule has 6 rings (SSSR count). The van der Waals surface area contributed by atoms with Gasteiger partial charge in [0.25, 0.3) is 0 Å². The first-order valence-electron chi connectivity index (χ1n) is 14.5. The van der Waals surface area contributed by atoms with Crippen molar-refractivity contribution in [1.29, 1.82) is 0 Å². The molecule has 3 aliphatic rings. The van der Waals surface area contributed by atoms with Gasteiger partial charge in [-0.25, -0.2) is 6.08 Å². The Balaban J connectivity index is 0.000000162. The van der Waals surface area contributed by atoms with E-state index in [1.165, 1.54) is 65.5 Å². The zero-order chi connectivity index (χ0) is 28.2. The van der Waals surface area contributed by atoms with E-state index >= 15 is 0 Å². The van der Waals surface area contributed by atoms with Gasteiger partial charge < -0.3 is 4.42 Å². The second-order valence-corrected chi connectivity index (χ2v) is 14.9. The van der Waals surface area contributed by atoms with E-state index in [4.69, 9.17) is 4.42 Å². The molecule has 0 N–H and O–H groups in total. The van der Waals surface area contributed by atoms with Gasteiger partial charge in [-0.1, -0.05) is 89.1 Å². The SMILES string of the molecule is CC(C)(C)c1c[c-]c2c(c1)-c1cc(C(C)(C)C)ccc1C2.CC1[C-]=CC(c2ccco2)=C1.[Zr+2]=[C]1CCCCC1. The molecule has 1 unspecified atom stereocenters. The molecule has 0 aliphatic heterocycles. The minimum absolute atomic E-state index is 0.177. The molecule has 1 nitrogen and oxygen atoms in total. The van der Waals surface area contributed by atoms with E-state index in [2.05, 4.69) is 97.0 Å². The number of benzene rings is 2. The van der Waals surface area contributed by atoms with Crippen LogP contribution >= 0.6 is 0 Å². The van der Waals surface area contributed by atoms with Crippen LogP contribution in [0.15, 0.2) is 65.3 Å². The number of allylic oxidation sites excluding steroid dienone is 4. The molecule has 1 heterocycles. The van der Waals surface area contributed by atoms with E-state index in [-0.39, 0.29) is 10.8 Å². The topological polar surface area (TPSA) is 13.1 Å². The van der Waals surface area contributed by atoms with E-state index in [0.29, 0.717) is 5.92 Å². The van der Waals surface area contributed by atoms with Crippen LogP contribution < -0.4 is 0 Å². The Hall–Kier alpha value is -2.05. The molecule has 2 heteroatoms. The van der Waals surface area contributed by atoms with Gasteiger partial charge in [-0.15, -0.1) is 11.1 Å². The minimum atomic E-state index is 0.177. The third kappa shape index (κ3) is 8.01. The Morgan fingerprint density at radius 1 is 0.872 bits per heavy atom. The molecule has 0 spiro atoms. The van der Waals surface area contributed by atoms with Gasteiger partial charge >= 0.3 is 59.5 Å². The van der Waals surface area contributed by atoms with Gasteiger partial charge in [0.15, 0.2) is 0 Å². The number of hydrogen-bond donors (Lipinski definition) is 0. The predicted octanol–water partition coefficient (Wildman–Crippen LogP) is 9.99. The van der Waals surface area contributed by atoms with E-state index in [1.54, 1.807) is 33.7 Å². The molecule has 1 fully saturated rings. The summed E-state index contributed by atoms with van der Waals surface area (Å²) in [6, 6.07) is 18.9. The van der Waals surface area contributed by atoms with Crippen molar-refractivity contribution in [1.82, 2.24) is 0 Å². The van der Waals surface area contributed by atoms with Gasteiger partial charge in [-0.2, -0.15) is 35.4 Å². The Labute approximate surface area is 252 Å². The summed E-state index contributed by atoms with van der Waals surface area (Å²) in [5.74, 6) is 1.36. The van der Waals surface area contributed by atoms with Crippen LogP contribution in [0.2, 0.25) is 0 Å². The molecule has 1 atom stereocenters.